The number of carbonyl (C=O) groups excluding carboxylic acids is 1. The summed E-state index contributed by atoms with van der Waals surface area (Å²) >= 11 is 0. The standard InChI is InChI=1S/C23H19F3N4O/c1-16(27-22(31)28-20-14-12-19(13-15-20)23(24,25)26)29-30-21(17-8-4-2-5-9-17)18-10-6-3-7-11-18/h2-15H,1H3,(H2,27,28,29,31). The lowest BCUT2D eigenvalue weighted by molar-refractivity contribution is -0.137. The van der Waals surface area contributed by atoms with Gasteiger partial charge in [0.1, 0.15) is 11.5 Å². The number of nitrogens with zero attached hydrogens (tertiary/aromatic N) is 2. The summed E-state index contributed by atoms with van der Waals surface area (Å²) in [5, 5.41) is 13.3. The molecule has 0 bridgehead atoms. The third-order valence-electron chi connectivity index (χ3n) is 4.16. The molecule has 0 fully saturated rings. The van der Waals surface area contributed by atoms with Crippen molar-refractivity contribution in [3.05, 3.63) is 102 Å². The summed E-state index contributed by atoms with van der Waals surface area (Å²) in [6, 6.07) is 22.5. The third-order valence-corrected chi connectivity index (χ3v) is 4.16. The molecule has 0 saturated carbocycles. The summed E-state index contributed by atoms with van der Waals surface area (Å²) in [6.07, 6.45) is -4.43. The Labute approximate surface area is 177 Å². The van der Waals surface area contributed by atoms with Crippen LogP contribution in [0.5, 0.6) is 0 Å². The van der Waals surface area contributed by atoms with E-state index in [1.165, 1.54) is 12.1 Å². The fourth-order valence-electron chi connectivity index (χ4n) is 2.69. The number of halogens is 3. The van der Waals surface area contributed by atoms with Gasteiger partial charge in [-0.1, -0.05) is 60.7 Å². The van der Waals surface area contributed by atoms with E-state index in [-0.39, 0.29) is 11.5 Å². The topological polar surface area (TPSA) is 65.8 Å². The van der Waals surface area contributed by atoms with E-state index in [1.807, 2.05) is 60.7 Å². The van der Waals surface area contributed by atoms with Crippen molar-refractivity contribution in [2.75, 3.05) is 5.32 Å². The number of anilines is 1. The number of amides is 2. The van der Waals surface area contributed by atoms with Crippen LogP contribution in [0, 0.1) is 0 Å². The minimum absolute atomic E-state index is 0.216. The van der Waals surface area contributed by atoms with Gasteiger partial charge in [0.05, 0.1) is 5.56 Å². The highest BCUT2D eigenvalue weighted by atomic mass is 19.4. The largest absolute Gasteiger partial charge is 0.416 e. The number of nitrogens with one attached hydrogen (secondary N) is 2. The highest BCUT2D eigenvalue weighted by Gasteiger charge is 2.29. The van der Waals surface area contributed by atoms with E-state index in [1.54, 1.807) is 6.92 Å². The Hall–Kier alpha value is -3.94. The molecular weight excluding hydrogens is 405 g/mol. The molecule has 3 rings (SSSR count). The molecule has 5 nitrogen and oxygen atoms in total. The third kappa shape index (κ3) is 6.27. The molecule has 0 heterocycles. The minimum atomic E-state index is -4.43. The van der Waals surface area contributed by atoms with Crippen LogP contribution < -0.4 is 10.6 Å². The monoisotopic (exact) mass is 424 g/mol. The van der Waals surface area contributed by atoms with Crippen LogP contribution in [0.25, 0.3) is 0 Å². The van der Waals surface area contributed by atoms with Crippen LogP contribution in [-0.2, 0) is 6.18 Å². The predicted octanol–water partition coefficient (Wildman–Crippen LogP) is 5.70. The van der Waals surface area contributed by atoms with Gasteiger partial charge in [-0.05, 0) is 31.2 Å². The molecule has 0 aliphatic heterocycles. The summed E-state index contributed by atoms with van der Waals surface area (Å²) in [4.78, 5) is 12.1. The average molecular weight is 424 g/mol. The molecule has 0 aromatic heterocycles. The van der Waals surface area contributed by atoms with E-state index in [0.29, 0.717) is 5.71 Å². The lowest BCUT2D eigenvalue weighted by atomic mass is 10.0. The van der Waals surface area contributed by atoms with Gasteiger partial charge in [0.15, 0.2) is 0 Å². The molecule has 0 saturated heterocycles. The number of alkyl halides is 3. The molecule has 3 aromatic rings. The second-order valence-corrected chi connectivity index (χ2v) is 6.52. The molecule has 2 amide bonds. The molecule has 0 aliphatic rings. The van der Waals surface area contributed by atoms with Gasteiger partial charge in [-0.2, -0.15) is 13.2 Å². The number of rotatable bonds is 4. The summed E-state index contributed by atoms with van der Waals surface area (Å²) in [5.74, 6) is 0.216. The minimum Gasteiger partial charge on any atom is -0.308 e. The summed E-state index contributed by atoms with van der Waals surface area (Å²) < 4.78 is 37.9. The van der Waals surface area contributed by atoms with Crippen molar-refractivity contribution in [1.29, 1.82) is 0 Å². The van der Waals surface area contributed by atoms with Crippen LogP contribution >= 0.6 is 0 Å². The Morgan fingerprint density at radius 2 is 1.29 bits per heavy atom. The van der Waals surface area contributed by atoms with Gasteiger partial charge in [0.2, 0.25) is 0 Å². The van der Waals surface area contributed by atoms with E-state index >= 15 is 0 Å². The molecule has 0 radical (unpaired) electrons. The van der Waals surface area contributed by atoms with Gasteiger partial charge in [-0.25, -0.2) is 4.79 Å². The van der Waals surface area contributed by atoms with E-state index in [2.05, 4.69) is 20.8 Å². The van der Waals surface area contributed by atoms with Crippen LogP contribution in [0.15, 0.2) is 95.1 Å². The van der Waals surface area contributed by atoms with E-state index in [9.17, 15) is 18.0 Å². The molecule has 158 valence electrons. The van der Waals surface area contributed by atoms with Crippen molar-refractivity contribution >= 4 is 23.3 Å². The Morgan fingerprint density at radius 3 is 1.77 bits per heavy atom. The number of amidine groups is 1. The first-order chi connectivity index (χ1) is 14.8. The van der Waals surface area contributed by atoms with Crippen molar-refractivity contribution in [1.82, 2.24) is 5.32 Å². The fraction of sp³-hybridized carbons (Fsp3) is 0.0870. The number of benzene rings is 3. The number of urea groups is 1. The first kappa shape index (κ1) is 21.8. The van der Waals surface area contributed by atoms with Crippen molar-refractivity contribution in [3.63, 3.8) is 0 Å². The summed E-state index contributed by atoms with van der Waals surface area (Å²) in [7, 11) is 0. The Morgan fingerprint density at radius 1 is 0.774 bits per heavy atom. The van der Waals surface area contributed by atoms with Gasteiger partial charge in [-0.3, -0.25) is 5.32 Å². The molecule has 0 unspecified atom stereocenters. The van der Waals surface area contributed by atoms with Crippen LogP contribution in [-0.4, -0.2) is 17.6 Å². The Kier molecular flexibility index (Phi) is 6.81. The second kappa shape index (κ2) is 9.71. The number of carbonyl (C=O) groups is 1. The highest BCUT2D eigenvalue weighted by Crippen LogP contribution is 2.29. The molecule has 8 heteroatoms. The van der Waals surface area contributed by atoms with Crippen molar-refractivity contribution < 1.29 is 18.0 Å². The van der Waals surface area contributed by atoms with Gasteiger partial charge >= 0.3 is 12.2 Å². The Balaban J connectivity index is 1.72. The molecule has 0 spiro atoms. The zero-order valence-electron chi connectivity index (χ0n) is 16.5. The molecule has 31 heavy (non-hydrogen) atoms. The maximum Gasteiger partial charge on any atom is 0.416 e. The number of hydrogen-bond acceptors (Lipinski definition) is 3. The average Bonchev–Trinajstić information content (AvgIpc) is 2.75. The van der Waals surface area contributed by atoms with Gasteiger partial charge in [0, 0.05) is 16.8 Å². The van der Waals surface area contributed by atoms with E-state index < -0.39 is 17.8 Å². The zero-order chi connectivity index (χ0) is 22.3. The SMILES string of the molecule is C/C(=N\N=C(c1ccccc1)c1ccccc1)NC(=O)Nc1ccc(C(F)(F)F)cc1. The van der Waals surface area contributed by atoms with Crippen LogP contribution in [0.4, 0.5) is 23.7 Å². The first-order valence-corrected chi connectivity index (χ1v) is 9.31. The Bertz CT molecular complexity index is 1040. The van der Waals surface area contributed by atoms with Crippen molar-refractivity contribution in [2.24, 2.45) is 10.2 Å². The predicted molar refractivity (Wildman–Crippen MR) is 115 cm³/mol. The maximum absolute atomic E-state index is 12.6. The molecule has 2 N–H and O–H groups in total. The molecule has 3 aromatic carbocycles. The van der Waals surface area contributed by atoms with Gasteiger partial charge in [0.25, 0.3) is 0 Å². The second-order valence-electron chi connectivity index (χ2n) is 6.52. The van der Waals surface area contributed by atoms with Crippen LogP contribution in [0.3, 0.4) is 0 Å². The maximum atomic E-state index is 12.6. The van der Waals surface area contributed by atoms with E-state index in [0.717, 1.165) is 23.3 Å². The van der Waals surface area contributed by atoms with Crippen LogP contribution in [0.1, 0.15) is 23.6 Å². The lowest BCUT2D eigenvalue weighted by Crippen LogP contribution is -2.32. The zero-order valence-corrected chi connectivity index (χ0v) is 16.5. The number of hydrogen-bond donors (Lipinski definition) is 2. The highest BCUT2D eigenvalue weighted by molar-refractivity contribution is 6.13. The summed E-state index contributed by atoms with van der Waals surface area (Å²) in [5.41, 5.74) is 1.78. The molecule has 0 atom stereocenters. The fourth-order valence-corrected chi connectivity index (χ4v) is 2.69. The van der Waals surface area contributed by atoms with Crippen molar-refractivity contribution in [2.45, 2.75) is 13.1 Å². The quantitative estimate of drug-likeness (QED) is 0.315. The normalized spacial score (nSPS) is 11.5. The molecular formula is C23H19F3N4O. The van der Waals surface area contributed by atoms with Gasteiger partial charge in [-0.15, -0.1) is 10.2 Å². The van der Waals surface area contributed by atoms with E-state index in [4.69, 9.17) is 0 Å². The smallest absolute Gasteiger partial charge is 0.308 e. The molecule has 0 aliphatic carbocycles. The van der Waals surface area contributed by atoms with Gasteiger partial charge < -0.3 is 5.32 Å². The van der Waals surface area contributed by atoms with Crippen molar-refractivity contribution in [3.8, 4) is 0 Å². The first-order valence-electron chi connectivity index (χ1n) is 9.31. The van der Waals surface area contributed by atoms with Crippen LogP contribution in [0.2, 0.25) is 0 Å². The lowest BCUT2D eigenvalue weighted by Gasteiger charge is -2.09. The summed E-state index contributed by atoms with van der Waals surface area (Å²) in [6.45, 7) is 1.56.